The van der Waals surface area contributed by atoms with Crippen molar-refractivity contribution < 1.29 is 19.1 Å². The van der Waals surface area contributed by atoms with Gasteiger partial charge in [0.25, 0.3) is 0 Å². The molecule has 0 amide bonds. The van der Waals surface area contributed by atoms with E-state index < -0.39 is 5.97 Å². The number of anilines is 2. The molecule has 2 atom stereocenters. The van der Waals surface area contributed by atoms with Gasteiger partial charge in [0.05, 0.1) is 23.3 Å². The summed E-state index contributed by atoms with van der Waals surface area (Å²) < 4.78 is 10.9. The Bertz CT molecular complexity index is 1440. The number of ketones is 1. The van der Waals surface area contributed by atoms with Crippen LogP contribution in [-0.2, 0) is 9.47 Å². The molecule has 226 valence electrons. The fourth-order valence-corrected chi connectivity index (χ4v) is 6.95. The monoisotopic (exact) mass is 635 g/mol. The van der Waals surface area contributed by atoms with Crippen LogP contribution >= 0.6 is 34.5 Å². The van der Waals surface area contributed by atoms with Gasteiger partial charge in [0.15, 0.2) is 16.7 Å². The highest BCUT2D eigenvalue weighted by Gasteiger charge is 2.35. The van der Waals surface area contributed by atoms with Crippen LogP contribution in [0.4, 0.5) is 10.9 Å². The van der Waals surface area contributed by atoms with Gasteiger partial charge in [0.1, 0.15) is 22.1 Å². The van der Waals surface area contributed by atoms with Crippen molar-refractivity contribution in [1.29, 1.82) is 0 Å². The zero-order valence-corrected chi connectivity index (χ0v) is 26.5. The predicted octanol–water partition coefficient (Wildman–Crippen LogP) is 4.59. The molecule has 2 fully saturated rings. The fraction of sp³-hybridized carbons (Fsp3) is 0.536. The van der Waals surface area contributed by atoms with Crippen LogP contribution in [0.5, 0.6) is 0 Å². The number of esters is 1. The van der Waals surface area contributed by atoms with E-state index >= 15 is 0 Å². The molecule has 3 aromatic rings. The molecule has 2 saturated heterocycles. The number of halogens is 2. The highest BCUT2D eigenvalue weighted by Crippen LogP contribution is 2.37. The van der Waals surface area contributed by atoms with Crippen molar-refractivity contribution in [2.45, 2.75) is 32.8 Å². The van der Waals surface area contributed by atoms with E-state index in [9.17, 15) is 9.59 Å². The van der Waals surface area contributed by atoms with Gasteiger partial charge in [-0.1, -0.05) is 41.5 Å². The van der Waals surface area contributed by atoms with Crippen molar-refractivity contribution >= 4 is 57.2 Å². The van der Waals surface area contributed by atoms with Gasteiger partial charge in [-0.3, -0.25) is 4.79 Å². The number of methoxy groups -OCH3 is 2. The maximum absolute atomic E-state index is 13.1. The van der Waals surface area contributed by atoms with Crippen LogP contribution in [0.2, 0.25) is 10.0 Å². The molecule has 14 heteroatoms. The molecule has 2 aliphatic heterocycles. The number of likely N-dealkylation sites (N-methyl/N-ethyl adjacent to an activating group) is 1. The van der Waals surface area contributed by atoms with Gasteiger partial charge in [-0.25, -0.2) is 19.7 Å². The average Bonchev–Trinajstić information content (AvgIpc) is 3.58. The Kier molecular flexibility index (Phi) is 9.68. The molecule has 0 radical (unpaired) electrons. The number of nitrogens with one attached hydrogen (secondary N) is 1. The molecule has 0 unspecified atom stereocenters. The predicted molar refractivity (Wildman–Crippen MR) is 164 cm³/mol. The summed E-state index contributed by atoms with van der Waals surface area (Å²) in [5.74, 6) is 0.580. The highest BCUT2D eigenvalue weighted by molar-refractivity contribution is 7.17. The standard InChI is InChI=1S/C28H35Cl2N7O4S/c1-5-35-10-12-36(13-11-35)20-6-8-31-26(33-20)24-25(27(39)41-4)42-28(34-24)37-9-7-17(19(15-37)40-3)14-18(38)23-22(30)21(29)16(2)32-23/h6,8,17,19,32H,5,7,9-15H2,1-4H3/t17-,19-/m0/s1. The largest absolute Gasteiger partial charge is 0.465 e. The molecule has 5 heterocycles. The first-order chi connectivity index (χ1) is 20.2. The maximum Gasteiger partial charge on any atom is 0.350 e. The molecular weight excluding hydrogens is 601 g/mol. The summed E-state index contributed by atoms with van der Waals surface area (Å²) in [5, 5.41) is 1.27. The Morgan fingerprint density at radius 2 is 1.86 bits per heavy atom. The second kappa shape index (κ2) is 13.3. The van der Waals surface area contributed by atoms with Crippen LogP contribution in [0.1, 0.15) is 45.6 Å². The number of H-pyrrole nitrogens is 1. The lowest BCUT2D eigenvalue weighted by Crippen LogP contribution is -2.46. The average molecular weight is 637 g/mol. The Morgan fingerprint density at radius 1 is 1.10 bits per heavy atom. The zero-order chi connectivity index (χ0) is 30.0. The Balaban J connectivity index is 1.34. The van der Waals surface area contributed by atoms with Gasteiger partial charge in [0, 0.05) is 64.7 Å². The molecule has 11 nitrogen and oxygen atoms in total. The van der Waals surface area contributed by atoms with Gasteiger partial charge >= 0.3 is 5.97 Å². The van der Waals surface area contributed by atoms with Crippen LogP contribution < -0.4 is 9.80 Å². The van der Waals surface area contributed by atoms with E-state index in [0.29, 0.717) is 57.4 Å². The summed E-state index contributed by atoms with van der Waals surface area (Å²) in [4.78, 5) is 50.1. The number of rotatable bonds is 9. The lowest BCUT2D eigenvalue weighted by molar-refractivity contribution is 0.0375. The first kappa shape index (κ1) is 30.7. The van der Waals surface area contributed by atoms with Crippen molar-refractivity contribution in [3.8, 4) is 11.5 Å². The van der Waals surface area contributed by atoms with Crippen molar-refractivity contribution in [1.82, 2.24) is 24.8 Å². The van der Waals surface area contributed by atoms with Crippen molar-refractivity contribution in [2.75, 3.05) is 69.8 Å². The zero-order valence-electron chi connectivity index (χ0n) is 24.2. The van der Waals surface area contributed by atoms with Gasteiger partial charge in [-0.2, -0.15) is 0 Å². The van der Waals surface area contributed by atoms with Crippen molar-refractivity contribution in [3.05, 3.63) is 38.6 Å². The number of aromatic nitrogens is 4. The van der Waals surface area contributed by atoms with E-state index in [1.807, 2.05) is 6.07 Å². The number of thiazole rings is 1. The minimum absolute atomic E-state index is 0.0232. The topological polar surface area (TPSA) is 117 Å². The maximum atomic E-state index is 13.1. The second-order valence-electron chi connectivity index (χ2n) is 10.5. The van der Waals surface area contributed by atoms with E-state index in [1.165, 1.54) is 18.4 Å². The second-order valence-corrected chi connectivity index (χ2v) is 12.2. The molecule has 2 aliphatic rings. The lowest BCUT2D eigenvalue weighted by Gasteiger charge is -2.37. The van der Waals surface area contributed by atoms with E-state index in [2.05, 4.69) is 31.6 Å². The van der Waals surface area contributed by atoms with Crippen LogP contribution in [0.3, 0.4) is 0 Å². The number of aromatic amines is 1. The fourth-order valence-electron chi connectivity index (χ4n) is 5.50. The van der Waals surface area contributed by atoms with Crippen molar-refractivity contribution in [3.63, 3.8) is 0 Å². The Morgan fingerprint density at radius 3 is 2.50 bits per heavy atom. The summed E-state index contributed by atoms with van der Waals surface area (Å²) >= 11 is 13.7. The third kappa shape index (κ3) is 6.28. The molecule has 0 aliphatic carbocycles. The summed E-state index contributed by atoms with van der Waals surface area (Å²) in [6, 6.07) is 1.89. The minimum atomic E-state index is -0.486. The number of carbonyl (C=O) groups is 2. The van der Waals surface area contributed by atoms with Crippen LogP contribution in [0, 0.1) is 12.8 Å². The lowest BCUT2D eigenvalue weighted by atomic mass is 9.88. The number of hydrogen-bond acceptors (Lipinski definition) is 11. The van der Waals surface area contributed by atoms with Gasteiger partial charge in [-0.05, 0) is 31.9 Å². The SMILES string of the molecule is CCN1CCN(c2ccnc(-c3nc(N4CC[C@@H](CC(=O)c5[nH]c(C)c(Cl)c5Cl)[C@@H](OC)C4)sc3C(=O)OC)n2)CC1. The Hall–Kier alpha value is -2.77. The number of Topliss-reactive ketones (excluding diaryl/α,β-unsaturated/α-hetero) is 1. The molecule has 0 bridgehead atoms. The molecule has 0 saturated carbocycles. The first-order valence-corrected chi connectivity index (χ1v) is 15.6. The number of aryl methyl sites for hydroxylation is 1. The summed E-state index contributed by atoms with van der Waals surface area (Å²) in [6.07, 6.45) is 2.43. The normalized spacial score (nSPS) is 19.8. The smallest absolute Gasteiger partial charge is 0.350 e. The third-order valence-electron chi connectivity index (χ3n) is 8.03. The number of hydrogen-bond donors (Lipinski definition) is 1. The molecule has 0 aromatic carbocycles. The molecular formula is C28H35Cl2N7O4S. The van der Waals surface area contributed by atoms with Crippen LogP contribution in [0.25, 0.3) is 11.5 Å². The molecule has 42 heavy (non-hydrogen) atoms. The van der Waals surface area contributed by atoms with E-state index in [-0.39, 0.29) is 29.2 Å². The summed E-state index contributed by atoms with van der Waals surface area (Å²) in [7, 11) is 2.99. The van der Waals surface area contributed by atoms with Gasteiger partial charge in [-0.15, -0.1) is 0 Å². The van der Waals surface area contributed by atoms with E-state index in [0.717, 1.165) is 38.5 Å². The molecule has 3 aromatic heterocycles. The number of nitrogens with zero attached hydrogens (tertiary/aromatic N) is 6. The quantitative estimate of drug-likeness (QED) is 0.264. The van der Waals surface area contributed by atoms with Gasteiger partial charge in [0.2, 0.25) is 0 Å². The minimum Gasteiger partial charge on any atom is -0.465 e. The number of piperidine rings is 1. The molecule has 0 spiro atoms. The molecule has 5 rings (SSSR count). The van der Waals surface area contributed by atoms with E-state index in [4.69, 9.17) is 42.6 Å². The first-order valence-electron chi connectivity index (χ1n) is 14.0. The number of ether oxygens (including phenoxy) is 2. The highest BCUT2D eigenvalue weighted by atomic mass is 35.5. The third-order valence-corrected chi connectivity index (χ3v) is 10.1. The number of piperazine rings is 1. The summed E-state index contributed by atoms with van der Waals surface area (Å²) in [5.41, 5.74) is 1.40. The van der Waals surface area contributed by atoms with Gasteiger partial charge < -0.3 is 29.2 Å². The van der Waals surface area contributed by atoms with E-state index in [1.54, 1.807) is 20.2 Å². The van der Waals surface area contributed by atoms with Crippen LogP contribution in [0.15, 0.2) is 12.3 Å². The van der Waals surface area contributed by atoms with Crippen molar-refractivity contribution in [2.24, 2.45) is 5.92 Å². The van der Waals surface area contributed by atoms with Crippen LogP contribution in [-0.4, -0.2) is 103 Å². The summed E-state index contributed by atoms with van der Waals surface area (Å²) in [6.45, 7) is 9.79. The number of carbonyl (C=O) groups excluding carboxylic acids is 2. The molecule has 1 N–H and O–H groups in total. The Labute approximate surface area is 259 Å².